The third kappa shape index (κ3) is 4.57. The standard InChI is InChI=1S/C24H22FN3S/c1-17-8-13-22(14-18(17)2)28-23(15-19-6-4-3-5-7-19)26-27-24(28)29-16-20-9-11-21(25)12-10-20/h3-14H,15-16H2,1-2H3. The molecule has 0 aliphatic rings. The van der Waals surface area contributed by atoms with Gasteiger partial charge in [-0.2, -0.15) is 0 Å². The van der Waals surface area contributed by atoms with E-state index >= 15 is 0 Å². The Balaban J connectivity index is 1.68. The molecule has 0 aliphatic heterocycles. The molecule has 0 saturated carbocycles. The molecular formula is C24H22FN3S. The van der Waals surface area contributed by atoms with Crippen LogP contribution in [0.3, 0.4) is 0 Å². The average molecular weight is 404 g/mol. The Bertz CT molecular complexity index is 1100. The molecule has 0 atom stereocenters. The minimum Gasteiger partial charge on any atom is -0.274 e. The van der Waals surface area contributed by atoms with Gasteiger partial charge in [0.05, 0.1) is 0 Å². The summed E-state index contributed by atoms with van der Waals surface area (Å²) in [5.74, 6) is 1.39. The lowest BCUT2D eigenvalue weighted by atomic mass is 10.1. The summed E-state index contributed by atoms with van der Waals surface area (Å²) in [5.41, 5.74) is 5.80. The van der Waals surface area contributed by atoms with Crippen molar-refractivity contribution in [2.45, 2.75) is 31.2 Å². The van der Waals surface area contributed by atoms with Crippen molar-refractivity contribution in [3.05, 3.63) is 107 Å². The molecule has 3 aromatic carbocycles. The maximum atomic E-state index is 13.2. The van der Waals surface area contributed by atoms with Gasteiger partial charge in [0, 0.05) is 17.9 Å². The minimum absolute atomic E-state index is 0.220. The molecule has 0 saturated heterocycles. The van der Waals surface area contributed by atoms with Crippen LogP contribution < -0.4 is 0 Å². The van der Waals surface area contributed by atoms with Crippen LogP contribution in [0.25, 0.3) is 5.69 Å². The summed E-state index contributed by atoms with van der Waals surface area (Å²) in [6.45, 7) is 4.23. The van der Waals surface area contributed by atoms with E-state index in [-0.39, 0.29) is 5.82 Å². The van der Waals surface area contributed by atoms with E-state index in [4.69, 9.17) is 0 Å². The van der Waals surface area contributed by atoms with Crippen LogP contribution in [0.1, 0.15) is 28.1 Å². The van der Waals surface area contributed by atoms with Crippen molar-refractivity contribution in [1.29, 1.82) is 0 Å². The van der Waals surface area contributed by atoms with Gasteiger partial charge in [0.2, 0.25) is 0 Å². The first kappa shape index (κ1) is 19.4. The molecule has 5 heteroatoms. The van der Waals surface area contributed by atoms with Gasteiger partial charge >= 0.3 is 0 Å². The van der Waals surface area contributed by atoms with Gasteiger partial charge < -0.3 is 0 Å². The predicted molar refractivity (Wildman–Crippen MR) is 116 cm³/mol. The van der Waals surface area contributed by atoms with Crippen LogP contribution in [0.15, 0.2) is 78.0 Å². The topological polar surface area (TPSA) is 30.7 Å². The molecule has 0 radical (unpaired) electrons. The molecule has 0 amide bonds. The molecule has 1 heterocycles. The Labute approximate surface area is 174 Å². The first-order valence-corrected chi connectivity index (χ1v) is 10.5. The summed E-state index contributed by atoms with van der Waals surface area (Å²) in [7, 11) is 0. The summed E-state index contributed by atoms with van der Waals surface area (Å²) >= 11 is 1.61. The van der Waals surface area contributed by atoms with Crippen molar-refractivity contribution >= 4 is 11.8 Å². The lowest BCUT2D eigenvalue weighted by molar-refractivity contribution is 0.627. The quantitative estimate of drug-likeness (QED) is 0.375. The Kier molecular flexibility index (Phi) is 5.76. The van der Waals surface area contributed by atoms with Crippen LogP contribution in [0.4, 0.5) is 4.39 Å². The molecule has 0 N–H and O–H groups in total. The fraction of sp³-hybridized carbons (Fsp3) is 0.167. The molecule has 0 fully saturated rings. The van der Waals surface area contributed by atoms with Gasteiger partial charge in [-0.05, 0) is 60.4 Å². The SMILES string of the molecule is Cc1ccc(-n2c(Cc3ccccc3)nnc2SCc2ccc(F)cc2)cc1C. The summed E-state index contributed by atoms with van der Waals surface area (Å²) in [6, 6.07) is 23.3. The van der Waals surface area contributed by atoms with Gasteiger partial charge in [-0.25, -0.2) is 4.39 Å². The van der Waals surface area contributed by atoms with Gasteiger partial charge in [-0.1, -0.05) is 60.3 Å². The van der Waals surface area contributed by atoms with E-state index in [1.54, 1.807) is 11.8 Å². The number of hydrogen-bond donors (Lipinski definition) is 0. The van der Waals surface area contributed by atoms with Crippen LogP contribution in [-0.2, 0) is 12.2 Å². The molecule has 4 aromatic rings. The summed E-state index contributed by atoms with van der Waals surface area (Å²) < 4.78 is 15.3. The Hall–Kier alpha value is -2.92. The van der Waals surface area contributed by atoms with Crippen molar-refractivity contribution < 1.29 is 4.39 Å². The maximum Gasteiger partial charge on any atom is 0.196 e. The highest BCUT2D eigenvalue weighted by Crippen LogP contribution is 2.27. The minimum atomic E-state index is -0.220. The number of nitrogens with zero attached hydrogens (tertiary/aromatic N) is 3. The van der Waals surface area contributed by atoms with E-state index in [1.807, 2.05) is 30.3 Å². The van der Waals surface area contributed by atoms with Crippen LogP contribution in [0.5, 0.6) is 0 Å². The second-order valence-corrected chi connectivity index (χ2v) is 8.02. The van der Waals surface area contributed by atoms with Crippen LogP contribution in [0, 0.1) is 19.7 Å². The first-order chi connectivity index (χ1) is 14.1. The largest absolute Gasteiger partial charge is 0.274 e. The van der Waals surface area contributed by atoms with Gasteiger partial charge in [-0.3, -0.25) is 4.57 Å². The van der Waals surface area contributed by atoms with Gasteiger partial charge in [0.25, 0.3) is 0 Å². The van der Waals surface area contributed by atoms with E-state index in [2.05, 4.69) is 58.9 Å². The number of aryl methyl sites for hydroxylation is 2. The monoisotopic (exact) mass is 403 g/mol. The molecular weight excluding hydrogens is 381 g/mol. The second kappa shape index (κ2) is 8.62. The van der Waals surface area contributed by atoms with E-state index < -0.39 is 0 Å². The number of benzene rings is 3. The number of hydrogen-bond acceptors (Lipinski definition) is 3. The fourth-order valence-corrected chi connectivity index (χ4v) is 4.07. The highest BCUT2D eigenvalue weighted by molar-refractivity contribution is 7.98. The summed E-state index contributed by atoms with van der Waals surface area (Å²) in [6.07, 6.45) is 0.706. The Morgan fingerprint density at radius 3 is 2.31 bits per heavy atom. The molecule has 29 heavy (non-hydrogen) atoms. The maximum absolute atomic E-state index is 13.2. The first-order valence-electron chi connectivity index (χ1n) is 9.53. The molecule has 4 rings (SSSR count). The highest BCUT2D eigenvalue weighted by atomic mass is 32.2. The molecule has 1 aromatic heterocycles. The van der Waals surface area contributed by atoms with Gasteiger partial charge in [-0.15, -0.1) is 10.2 Å². The van der Waals surface area contributed by atoms with Crippen molar-refractivity contribution in [2.24, 2.45) is 0 Å². The summed E-state index contributed by atoms with van der Waals surface area (Å²) in [4.78, 5) is 0. The average Bonchev–Trinajstić information content (AvgIpc) is 3.13. The zero-order valence-corrected chi connectivity index (χ0v) is 17.3. The summed E-state index contributed by atoms with van der Waals surface area (Å²) in [5, 5.41) is 9.81. The predicted octanol–water partition coefficient (Wildman–Crippen LogP) is 5.91. The second-order valence-electron chi connectivity index (χ2n) is 7.08. The third-order valence-corrected chi connectivity index (χ3v) is 5.94. The third-order valence-electron chi connectivity index (χ3n) is 4.94. The van der Waals surface area contributed by atoms with E-state index in [9.17, 15) is 4.39 Å². The van der Waals surface area contributed by atoms with E-state index in [0.717, 1.165) is 22.2 Å². The smallest absolute Gasteiger partial charge is 0.196 e. The van der Waals surface area contributed by atoms with Crippen LogP contribution in [-0.4, -0.2) is 14.8 Å². The Morgan fingerprint density at radius 2 is 1.59 bits per heavy atom. The molecule has 0 spiro atoms. The number of thioether (sulfide) groups is 1. The molecule has 0 bridgehead atoms. The fourth-order valence-electron chi connectivity index (χ4n) is 3.14. The zero-order chi connectivity index (χ0) is 20.2. The normalized spacial score (nSPS) is 11.0. The van der Waals surface area contributed by atoms with Crippen molar-refractivity contribution in [3.63, 3.8) is 0 Å². The number of rotatable bonds is 6. The Morgan fingerprint density at radius 1 is 0.828 bits per heavy atom. The van der Waals surface area contributed by atoms with Crippen LogP contribution in [0.2, 0.25) is 0 Å². The zero-order valence-electron chi connectivity index (χ0n) is 16.5. The lowest BCUT2D eigenvalue weighted by Gasteiger charge is -2.12. The molecule has 0 aliphatic carbocycles. The van der Waals surface area contributed by atoms with Crippen LogP contribution >= 0.6 is 11.8 Å². The lowest BCUT2D eigenvalue weighted by Crippen LogP contribution is -2.04. The van der Waals surface area contributed by atoms with Crippen molar-refractivity contribution in [2.75, 3.05) is 0 Å². The van der Waals surface area contributed by atoms with Crippen molar-refractivity contribution in [3.8, 4) is 5.69 Å². The molecule has 0 unspecified atom stereocenters. The molecule has 3 nitrogen and oxygen atoms in total. The highest BCUT2D eigenvalue weighted by Gasteiger charge is 2.16. The van der Waals surface area contributed by atoms with E-state index in [1.165, 1.54) is 28.8 Å². The van der Waals surface area contributed by atoms with Crippen molar-refractivity contribution in [1.82, 2.24) is 14.8 Å². The molecule has 146 valence electrons. The van der Waals surface area contributed by atoms with Gasteiger partial charge in [0.15, 0.2) is 5.16 Å². The van der Waals surface area contributed by atoms with E-state index in [0.29, 0.717) is 12.2 Å². The number of aromatic nitrogens is 3. The number of halogens is 1. The van der Waals surface area contributed by atoms with Gasteiger partial charge in [0.1, 0.15) is 11.6 Å².